The van der Waals surface area contributed by atoms with Crippen molar-refractivity contribution >= 4 is 23.0 Å². The molecule has 1 aromatic rings. The van der Waals surface area contributed by atoms with E-state index in [1.54, 1.807) is 0 Å². The van der Waals surface area contributed by atoms with E-state index in [1.807, 2.05) is 31.2 Å². The summed E-state index contributed by atoms with van der Waals surface area (Å²) in [7, 11) is 0. The number of para-hydroxylation sites is 2. The van der Waals surface area contributed by atoms with Crippen molar-refractivity contribution < 1.29 is 4.74 Å². The van der Waals surface area contributed by atoms with Gasteiger partial charge in [0.25, 0.3) is 0 Å². The maximum Gasteiger partial charge on any atom is 0.171 e. The Balaban J connectivity index is 1.94. The number of hydrogen-bond donors (Lipinski definition) is 2. The van der Waals surface area contributed by atoms with E-state index in [2.05, 4.69) is 17.6 Å². The van der Waals surface area contributed by atoms with Crippen LogP contribution < -0.4 is 15.4 Å². The molecule has 0 aliphatic heterocycles. The van der Waals surface area contributed by atoms with Crippen molar-refractivity contribution in [1.29, 1.82) is 0 Å². The fourth-order valence-corrected chi connectivity index (χ4v) is 2.97. The highest BCUT2D eigenvalue weighted by Crippen LogP contribution is 2.25. The Labute approximate surface area is 127 Å². The van der Waals surface area contributed by atoms with Crippen LogP contribution in [-0.2, 0) is 0 Å². The average molecular weight is 292 g/mol. The molecule has 110 valence electrons. The molecule has 1 aromatic carbocycles. The molecule has 2 N–H and O–H groups in total. The Hall–Kier alpha value is -1.29. The third-order valence-electron chi connectivity index (χ3n) is 3.86. The van der Waals surface area contributed by atoms with E-state index in [9.17, 15) is 0 Å². The van der Waals surface area contributed by atoms with Crippen LogP contribution in [0.1, 0.15) is 39.5 Å². The van der Waals surface area contributed by atoms with E-state index in [1.165, 1.54) is 25.7 Å². The van der Waals surface area contributed by atoms with Crippen LogP contribution in [0, 0.1) is 5.92 Å². The second-order valence-electron chi connectivity index (χ2n) is 5.40. The minimum Gasteiger partial charge on any atom is -0.492 e. The van der Waals surface area contributed by atoms with Crippen molar-refractivity contribution in [2.75, 3.05) is 11.9 Å². The summed E-state index contributed by atoms with van der Waals surface area (Å²) in [5.74, 6) is 1.53. The van der Waals surface area contributed by atoms with Crippen LogP contribution in [0.5, 0.6) is 5.75 Å². The van der Waals surface area contributed by atoms with Gasteiger partial charge >= 0.3 is 0 Å². The number of benzene rings is 1. The molecular formula is C16H24N2OS. The summed E-state index contributed by atoms with van der Waals surface area (Å²) < 4.78 is 5.60. The number of anilines is 1. The second kappa shape index (κ2) is 7.48. The van der Waals surface area contributed by atoms with Crippen molar-refractivity contribution in [3.8, 4) is 5.75 Å². The van der Waals surface area contributed by atoms with Gasteiger partial charge in [-0.05, 0) is 50.0 Å². The van der Waals surface area contributed by atoms with Gasteiger partial charge in [-0.1, -0.05) is 31.9 Å². The molecule has 0 spiro atoms. The monoisotopic (exact) mass is 292 g/mol. The van der Waals surface area contributed by atoms with E-state index < -0.39 is 0 Å². The minimum absolute atomic E-state index is 0.489. The molecule has 1 aliphatic carbocycles. The van der Waals surface area contributed by atoms with Gasteiger partial charge in [-0.25, -0.2) is 0 Å². The van der Waals surface area contributed by atoms with Crippen molar-refractivity contribution in [2.24, 2.45) is 5.92 Å². The number of ether oxygens (including phenoxy) is 1. The molecule has 0 amide bonds. The largest absolute Gasteiger partial charge is 0.492 e. The van der Waals surface area contributed by atoms with E-state index in [0.29, 0.717) is 23.7 Å². The predicted octanol–water partition coefficient (Wildman–Crippen LogP) is 3.95. The van der Waals surface area contributed by atoms with Crippen LogP contribution in [0.4, 0.5) is 5.69 Å². The van der Waals surface area contributed by atoms with Crippen molar-refractivity contribution in [2.45, 2.75) is 45.6 Å². The van der Waals surface area contributed by atoms with Crippen LogP contribution in [0.3, 0.4) is 0 Å². The Kier molecular flexibility index (Phi) is 5.65. The van der Waals surface area contributed by atoms with Gasteiger partial charge in [0.15, 0.2) is 5.11 Å². The summed E-state index contributed by atoms with van der Waals surface area (Å²) in [5, 5.41) is 7.40. The first-order valence-corrected chi connectivity index (χ1v) is 7.91. The van der Waals surface area contributed by atoms with E-state index in [-0.39, 0.29) is 0 Å². The van der Waals surface area contributed by atoms with Gasteiger partial charge in [0, 0.05) is 6.04 Å². The molecule has 0 aromatic heterocycles. The Morgan fingerprint density at radius 2 is 2.05 bits per heavy atom. The number of rotatable bonds is 4. The molecule has 2 atom stereocenters. The highest BCUT2D eigenvalue weighted by Gasteiger charge is 2.21. The lowest BCUT2D eigenvalue weighted by atomic mass is 9.86. The predicted molar refractivity (Wildman–Crippen MR) is 88.4 cm³/mol. The van der Waals surface area contributed by atoms with Crippen molar-refractivity contribution in [3.05, 3.63) is 24.3 Å². The first-order chi connectivity index (χ1) is 9.70. The molecule has 0 radical (unpaired) electrons. The maximum atomic E-state index is 5.60. The summed E-state index contributed by atoms with van der Waals surface area (Å²) >= 11 is 5.44. The third kappa shape index (κ3) is 4.10. The fraction of sp³-hybridized carbons (Fsp3) is 0.562. The quantitative estimate of drug-likeness (QED) is 0.823. The summed E-state index contributed by atoms with van der Waals surface area (Å²) in [6.07, 6.45) is 5.12. The molecule has 1 fully saturated rings. The Morgan fingerprint density at radius 1 is 1.30 bits per heavy atom. The fourth-order valence-electron chi connectivity index (χ4n) is 2.71. The number of thiocarbonyl (C=S) groups is 1. The van der Waals surface area contributed by atoms with Gasteiger partial charge in [0.1, 0.15) is 5.75 Å². The van der Waals surface area contributed by atoms with Crippen LogP contribution in [-0.4, -0.2) is 17.8 Å². The molecule has 4 heteroatoms. The van der Waals surface area contributed by atoms with Gasteiger partial charge in [-0.3, -0.25) is 0 Å². The third-order valence-corrected chi connectivity index (χ3v) is 4.08. The normalized spacial score (nSPS) is 22.1. The summed E-state index contributed by atoms with van der Waals surface area (Å²) in [6, 6.07) is 8.39. The smallest absolute Gasteiger partial charge is 0.171 e. The van der Waals surface area contributed by atoms with Crippen LogP contribution in [0.15, 0.2) is 24.3 Å². The SMILES string of the molecule is CCOc1ccccc1NC(=S)NC1CCCCC1C. The summed E-state index contributed by atoms with van der Waals surface area (Å²) in [4.78, 5) is 0. The molecular weight excluding hydrogens is 268 g/mol. The topological polar surface area (TPSA) is 33.3 Å². The van der Waals surface area contributed by atoms with Crippen LogP contribution in [0.2, 0.25) is 0 Å². The average Bonchev–Trinajstić information content (AvgIpc) is 2.44. The molecule has 1 saturated carbocycles. The van der Waals surface area contributed by atoms with Gasteiger partial charge in [-0.2, -0.15) is 0 Å². The van der Waals surface area contributed by atoms with E-state index in [0.717, 1.165) is 11.4 Å². The van der Waals surface area contributed by atoms with Gasteiger partial charge in [0.05, 0.1) is 12.3 Å². The number of nitrogens with one attached hydrogen (secondary N) is 2. The first-order valence-electron chi connectivity index (χ1n) is 7.50. The minimum atomic E-state index is 0.489. The lowest BCUT2D eigenvalue weighted by molar-refractivity contribution is 0.309. The molecule has 1 aliphatic rings. The second-order valence-corrected chi connectivity index (χ2v) is 5.80. The highest BCUT2D eigenvalue weighted by molar-refractivity contribution is 7.80. The summed E-state index contributed by atoms with van der Waals surface area (Å²) in [5.41, 5.74) is 0.926. The van der Waals surface area contributed by atoms with Gasteiger partial charge in [0.2, 0.25) is 0 Å². The highest BCUT2D eigenvalue weighted by atomic mass is 32.1. The van der Waals surface area contributed by atoms with Crippen LogP contribution in [0.25, 0.3) is 0 Å². The molecule has 0 heterocycles. The molecule has 0 saturated heterocycles. The lowest BCUT2D eigenvalue weighted by Gasteiger charge is -2.30. The molecule has 0 bridgehead atoms. The Morgan fingerprint density at radius 3 is 2.80 bits per heavy atom. The first kappa shape index (κ1) is 15.1. The molecule has 2 rings (SSSR count). The van der Waals surface area contributed by atoms with Crippen molar-refractivity contribution in [1.82, 2.24) is 5.32 Å². The van der Waals surface area contributed by atoms with Crippen LogP contribution >= 0.6 is 12.2 Å². The zero-order valence-corrected chi connectivity index (χ0v) is 13.1. The zero-order chi connectivity index (χ0) is 14.4. The zero-order valence-electron chi connectivity index (χ0n) is 12.3. The Bertz CT molecular complexity index is 450. The van der Waals surface area contributed by atoms with Gasteiger partial charge in [-0.15, -0.1) is 0 Å². The molecule has 20 heavy (non-hydrogen) atoms. The van der Waals surface area contributed by atoms with E-state index >= 15 is 0 Å². The van der Waals surface area contributed by atoms with E-state index in [4.69, 9.17) is 17.0 Å². The lowest BCUT2D eigenvalue weighted by Crippen LogP contribution is -2.43. The van der Waals surface area contributed by atoms with Gasteiger partial charge < -0.3 is 15.4 Å². The molecule has 3 nitrogen and oxygen atoms in total. The molecule has 2 unspecified atom stereocenters. The number of hydrogen-bond acceptors (Lipinski definition) is 2. The maximum absolute atomic E-state index is 5.60. The van der Waals surface area contributed by atoms with Crippen molar-refractivity contribution in [3.63, 3.8) is 0 Å². The summed E-state index contributed by atoms with van der Waals surface area (Å²) in [6.45, 7) is 4.93. The standard InChI is InChI=1S/C16H24N2OS/c1-3-19-15-11-7-6-10-14(15)18-16(20)17-13-9-5-4-8-12(13)2/h6-7,10-13H,3-5,8-9H2,1-2H3,(H2,17,18,20).